The summed E-state index contributed by atoms with van der Waals surface area (Å²) in [5.41, 5.74) is 5.83. The van der Waals surface area contributed by atoms with Gasteiger partial charge in [0.15, 0.2) is 0 Å². The van der Waals surface area contributed by atoms with Gasteiger partial charge in [0.25, 0.3) is 0 Å². The van der Waals surface area contributed by atoms with E-state index in [1.807, 2.05) is 31.2 Å². The summed E-state index contributed by atoms with van der Waals surface area (Å²) in [5.74, 6) is 0.484. The second-order valence-corrected chi connectivity index (χ2v) is 7.48. The van der Waals surface area contributed by atoms with Gasteiger partial charge in [0.2, 0.25) is 0 Å². The molecule has 0 amide bonds. The standard InChI is InChI=1S/C24H30FN.C3H6O/c1-6-10-20(15-18(4)21-11-8-9-12-22(21)25)24-16-19(5)23(26-24)14-13-17(3)7-2;1-2-3-4/h6,8-12,15-17,26H,4,7,13-14H2,1-3,5H3;2-4H,1H3/b10-6-,20-15+;3-2-. The molecule has 0 radical (unpaired) electrons. The normalized spacial score (nSPS) is 12.8. The molecule has 2 N–H and O–H groups in total. The van der Waals surface area contributed by atoms with Crippen molar-refractivity contribution in [1.29, 1.82) is 0 Å². The molecule has 0 aliphatic rings. The first-order valence-electron chi connectivity index (χ1n) is 10.6. The topological polar surface area (TPSA) is 36.0 Å². The molecule has 1 aromatic carbocycles. The third kappa shape index (κ3) is 7.90. The summed E-state index contributed by atoms with van der Waals surface area (Å²) in [4.78, 5) is 3.56. The molecular weight excluding hydrogens is 373 g/mol. The summed E-state index contributed by atoms with van der Waals surface area (Å²) < 4.78 is 14.0. The third-order valence-corrected chi connectivity index (χ3v) is 5.06. The van der Waals surface area contributed by atoms with Gasteiger partial charge in [-0.15, -0.1) is 0 Å². The number of aromatic nitrogens is 1. The lowest BCUT2D eigenvalue weighted by Crippen LogP contribution is -1.97. The first-order chi connectivity index (χ1) is 14.4. The molecule has 162 valence electrons. The van der Waals surface area contributed by atoms with Crippen LogP contribution in [0.2, 0.25) is 0 Å². The number of benzene rings is 1. The fraction of sp³-hybridized carbons (Fsp3) is 0.333. The van der Waals surface area contributed by atoms with Crippen molar-refractivity contribution in [2.75, 3.05) is 0 Å². The molecule has 0 aliphatic carbocycles. The Labute approximate surface area is 181 Å². The largest absolute Gasteiger partial charge is 0.516 e. The minimum absolute atomic E-state index is 0.245. The van der Waals surface area contributed by atoms with Crippen molar-refractivity contribution in [1.82, 2.24) is 4.98 Å². The number of aromatic amines is 1. The zero-order chi connectivity index (χ0) is 22.5. The van der Waals surface area contributed by atoms with Gasteiger partial charge in [-0.25, -0.2) is 4.39 Å². The molecule has 3 heteroatoms. The SMILES string of the molecule is C/C=C\O.C=C(/C=C(\C=C/C)c1cc(C)c(CCC(C)CC)[nH]1)c1ccccc1F. The minimum Gasteiger partial charge on any atom is -0.516 e. The van der Waals surface area contributed by atoms with Crippen molar-refractivity contribution in [3.8, 4) is 0 Å². The quantitative estimate of drug-likeness (QED) is 0.334. The summed E-state index contributed by atoms with van der Waals surface area (Å²) in [7, 11) is 0. The Morgan fingerprint density at radius 3 is 2.47 bits per heavy atom. The number of halogens is 1. The van der Waals surface area contributed by atoms with E-state index >= 15 is 0 Å². The molecule has 0 fully saturated rings. The molecule has 0 aliphatic heterocycles. The number of nitrogens with one attached hydrogen (secondary N) is 1. The average Bonchev–Trinajstić information content (AvgIpc) is 3.12. The van der Waals surface area contributed by atoms with Crippen molar-refractivity contribution in [3.63, 3.8) is 0 Å². The van der Waals surface area contributed by atoms with Gasteiger partial charge >= 0.3 is 0 Å². The van der Waals surface area contributed by atoms with Crippen molar-refractivity contribution < 1.29 is 9.50 Å². The van der Waals surface area contributed by atoms with Gasteiger partial charge in [-0.2, -0.15) is 0 Å². The van der Waals surface area contributed by atoms with Gasteiger partial charge in [0.1, 0.15) is 5.82 Å². The summed E-state index contributed by atoms with van der Waals surface area (Å²) >= 11 is 0. The summed E-state index contributed by atoms with van der Waals surface area (Å²) in [6.45, 7) is 14.5. The van der Waals surface area contributed by atoms with E-state index in [-0.39, 0.29) is 5.82 Å². The molecule has 1 heterocycles. The highest BCUT2D eigenvalue weighted by Crippen LogP contribution is 2.26. The van der Waals surface area contributed by atoms with Gasteiger partial charge in [-0.3, -0.25) is 0 Å². The minimum atomic E-state index is -0.245. The molecular formula is C27H36FNO. The highest BCUT2D eigenvalue weighted by molar-refractivity contribution is 5.86. The first-order valence-corrected chi connectivity index (χ1v) is 10.6. The van der Waals surface area contributed by atoms with Crippen molar-refractivity contribution in [2.45, 2.75) is 53.9 Å². The van der Waals surface area contributed by atoms with Gasteiger partial charge < -0.3 is 10.1 Å². The Bertz CT molecular complexity index is 882. The number of hydrogen-bond acceptors (Lipinski definition) is 1. The van der Waals surface area contributed by atoms with E-state index in [4.69, 9.17) is 5.11 Å². The predicted octanol–water partition coefficient (Wildman–Crippen LogP) is 8.19. The second-order valence-electron chi connectivity index (χ2n) is 7.48. The second kappa shape index (κ2) is 13.4. The number of hydrogen-bond donors (Lipinski definition) is 2. The summed E-state index contributed by atoms with van der Waals surface area (Å²) in [6, 6.07) is 8.93. The molecule has 0 saturated carbocycles. The van der Waals surface area contributed by atoms with E-state index in [0.29, 0.717) is 11.1 Å². The van der Waals surface area contributed by atoms with Gasteiger partial charge in [-0.05, 0) is 74.4 Å². The Morgan fingerprint density at radius 2 is 1.90 bits per heavy atom. The lowest BCUT2D eigenvalue weighted by Gasteiger charge is -2.08. The van der Waals surface area contributed by atoms with E-state index in [1.165, 1.54) is 30.2 Å². The molecule has 1 aromatic heterocycles. The fourth-order valence-corrected chi connectivity index (χ4v) is 2.99. The molecule has 0 bridgehead atoms. The third-order valence-electron chi connectivity index (χ3n) is 5.06. The molecule has 1 atom stereocenters. The van der Waals surface area contributed by atoms with Gasteiger partial charge in [0, 0.05) is 17.0 Å². The summed E-state index contributed by atoms with van der Waals surface area (Å²) in [6.07, 6.45) is 12.0. The van der Waals surface area contributed by atoms with E-state index in [2.05, 4.69) is 38.4 Å². The van der Waals surface area contributed by atoms with Crippen LogP contribution in [-0.2, 0) is 6.42 Å². The molecule has 30 heavy (non-hydrogen) atoms. The predicted molar refractivity (Wildman–Crippen MR) is 129 cm³/mol. The van der Waals surface area contributed by atoms with E-state index in [1.54, 1.807) is 25.1 Å². The monoisotopic (exact) mass is 409 g/mol. The molecule has 2 aromatic rings. The fourth-order valence-electron chi connectivity index (χ4n) is 2.99. The molecule has 1 unspecified atom stereocenters. The van der Waals surface area contributed by atoms with Crippen LogP contribution in [0.25, 0.3) is 11.1 Å². The van der Waals surface area contributed by atoms with Crippen LogP contribution >= 0.6 is 0 Å². The zero-order valence-corrected chi connectivity index (χ0v) is 19.0. The lowest BCUT2D eigenvalue weighted by atomic mass is 10.0. The Hall–Kier alpha value is -2.81. The van der Waals surface area contributed by atoms with Gasteiger partial charge in [-0.1, -0.05) is 63.3 Å². The molecule has 2 nitrogen and oxygen atoms in total. The number of allylic oxidation sites excluding steroid dienone is 6. The maximum Gasteiger partial charge on any atom is 0.131 e. The molecule has 2 rings (SSSR count). The van der Waals surface area contributed by atoms with Crippen LogP contribution in [0.4, 0.5) is 4.39 Å². The highest BCUT2D eigenvalue weighted by atomic mass is 19.1. The first kappa shape index (κ1) is 25.2. The van der Waals surface area contributed by atoms with Crippen LogP contribution in [0.1, 0.15) is 63.1 Å². The number of rotatable bonds is 8. The van der Waals surface area contributed by atoms with Crippen LogP contribution < -0.4 is 0 Å². The Balaban J connectivity index is 0.00000103. The maximum absolute atomic E-state index is 14.0. The van der Waals surface area contributed by atoms with E-state index in [9.17, 15) is 4.39 Å². The molecule has 0 spiro atoms. The van der Waals surface area contributed by atoms with E-state index in [0.717, 1.165) is 29.9 Å². The van der Waals surface area contributed by atoms with Crippen LogP contribution in [0.5, 0.6) is 0 Å². The van der Waals surface area contributed by atoms with Crippen LogP contribution in [0.3, 0.4) is 0 Å². The number of aliphatic hydroxyl groups is 1. The average molecular weight is 410 g/mol. The summed E-state index contributed by atoms with van der Waals surface area (Å²) in [5, 5.41) is 7.69. The van der Waals surface area contributed by atoms with Crippen LogP contribution in [0, 0.1) is 18.7 Å². The number of H-pyrrole nitrogens is 1. The van der Waals surface area contributed by atoms with Crippen LogP contribution in [-0.4, -0.2) is 10.1 Å². The van der Waals surface area contributed by atoms with E-state index < -0.39 is 0 Å². The maximum atomic E-state index is 14.0. The zero-order valence-electron chi connectivity index (χ0n) is 19.0. The Kier molecular flexibility index (Phi) is 11.3. The lowest BCUT2D eigenvalue weighted by molar-refractivity contribution is 0.472. The van der Waals surface area contributed by atoms with Crippen molar-refractivity contribution >= 4 is 11.1 Å². The van der Waals surface area contributed by atoms with Crippen molar-refractivity contribution in [2.24, 2.45) is 5.92 Å². The highest BCUT2D eigenvalue weighted by Gasteiger charge is 2.10. The Morgan fingerprint density at radius 1 is 1.23 bits per heavy atom. The number of aliphatic hydroxyl groups excluding tert-OH is 1. The number of aryl methyl sites for hydroxylation is 2. The smallest absolute Gasteiger partial charge is 0.131 e. The van der Waals surface area contributed by atoms with Crippen LogP contribution in [0.15, 0.2) is 67.5 Å². The van der Waals surface area contributed by atoms with Gasteiger partial charge in [0.05, 0.1) is 6.26 Å². The van der Waals surface area contributed by atoms with Crippen molar-refractivity contribution in [3.05, 3.63) is 95.8 Å². The molecule has 0 saturated heterocycles.